The van der Waals surface area contributed by atoms with Gasteiger partial charge in [-0.25, -0.2) is 0 Å². The quantitative estimate of drug-likeness (QED) is 0.437. The van der Waals surface area contributed by atoms with Gasteiger partial charge in [0.2, 0.25) is 11.0 Å². The van der Waals surface area contributed by atoms with E-state index < -0.39 is 27.5 Å². The Morgan fingerprint density at radius 1 is 1.18 bits per heavy atom. The summed E-state index contributed by atoms with van der Waals surface area (Å²) in [5, 5.41) is 9.89. The van der Waals surface area contributed by atoms with Crippen LogP contribution in [0.5, 0.6) is 11.6 Å². The third-order valence-electron chi connectivity index (χ3n) is 2.47. The van der Waals surface area contributed by atoms with Crippen molar-refractivity contribution < 1.29 is 22.8 Å². The molecule has 2 rings (SSSR count). The topological polar surface area (TPSA) is 65.3 Å². The first-order valence-electron chi connectivity index (χ1n) is 5.54. The highest BCUT2D eigenvalue weighted by Gasteiger charge is 2.31. The van der Waals surface area contributed by atoms with Crippen LogP contribution in [0.2, 0.25) is 10.2 Å². The molecule has 0 fully saturated rings. The fraction of sp³-hybridized carbons (Fsp3) is 0.0833. The van der Waals surface area contributed by atoms with Crippen LogP contribution in [0.4, 0.5) is 18.9 Å². The third-order valence-corrected chi connectivity index (χ3v) is 3.05. The van der Waals surface area contributed by atoms with E-state index in [9.17, 15) is 23.3 Å². The van der Waals surface area contributed by atoms with Gasteiger partial charge in [-0.1, -0.05) is 23.2 Å². The standard InChI is InChI=1S/C12H5Cl2F3N2O3/c13-7-5-6(12(15,16)17)1-3-9(7)22-10-4-2-8(19(20)21)11(14)18-10/h1-5H. The van der Waals surface area contributed by atoms with Crippen LogP contribution in [-0.2, 0) is 6.18 Å². The number of halogens is 5. The second kappa shape index (κ2) is 5.98. The van der Waals surface area contributed by atoms with E-state index >= 15 is 0 Å². The highest BCUT2D eigenvalue weighted by Crippen LogP contribution is 2.36. The summed E-state index contributed by atoms with van der Waals surface area (Å²) in [4.78, 5) is 13.5. The summed E-state index contributed by atoms with van der Waals surface area (Å²) in [6, 6.07) is 4.71. The third kappa shape index (κ3) is 3.58. The number of alkyl halides is 3. The van der Waals surface area contributed by atoms with Crippen LogP contribution in [-0.4, -0.2) is 9.91 Å². The van der Waals surface area contributed by atoms with Crippen LogP contribution < -0.4 is 4.74 Å². The smallest absolute Gasteiger partial charge is 0.416 e. The molecule has 0 unspecified atom stereocenters. The molecule has 0 amide bonds. The van der Waals surface area contributed by atoms with Crippen LogP contribution in [0, 0.1) is 10.1 Å². The monoisotopic (exact) mass is 352 g/mol. The minimum absolute atomic E-state index is 0.0907. The molecule has 0 N–H and O–H groups in total. The average molecular weight is 353 g/mol. The number of nitrogens with zero attached hydrogens (tertiary/aromatic N) is 2. The van der Waals surface area contributed by atoms with Crippen molar-refractivity contribution in [1.29, 1.82) is 0 Å². The summed E-state index contributed by atoms with van der Waals surface area (Å²) in [5.41, 5.74) is -1.35. The number of pyridine rings is 1. The molecule has 1 heterocycles. The van der Waals surface area contributed by atoms with Gasteiger partial charge < -0.3 is 4.74 Å². The van der Waals surface area contributed by atoms with Gasteiger partial charge in [-0.05, 0) is 18.2 Å². The summed E-state index contributed by atoms with van der Waals surface area (Å²) in [7, 11) is 0. The Balaban J connectivity index is 2.28. The Labute approximate surface area is 131 Å². The number of ether oxygens (including phenoxy) is 1. The number of benzene rings is 1. The molecule has 1 aromatic heterocycles. The molecule has 0 saturated carbocycles. The lowest BCUT2D eigenvalue weighted by Crippen LogP contribution is -2.04. The second-order valence-corrected chi connectivity index (χ2v) is 4.73. The zero-order valence-electron chi connectivity index (χ0n) is 10.4. The molecule has 5 nitrogen and oxygen atoms in total. The molecule has 0 atom stereocenters. The van der Waals surface area contributed by atoms with Gasteiger partial charge in [0.1, 0.15) is 5.75 Å². The molecule has 10 heteroatoms. The van der Waals surface area contributed by atoms with Gasteiger partial charge in [0, 0.05) is 12.1 Å². The van der Waals surface area contributed by atoms with E-state index in [1.165, 1.54) is 0 Å². The molecule has 0 aliphatic heterocycles. The highest BCUT2D eigenvalue weighted by molar-refractivity contribution is 6.32. The zero-order valence-corrected chi connectivity index (χ0v) is 11.9. The van der Waals surface area contributed by atoms with Crippen LogP contribution >= 0.6 is 23.2 Å². The molecule has 22 heavy (non-hydrogen) atoms. The molecular formula is C12H5Cl2F3N2O3. The predicted molar refractivity (Wildman–Crippen MR) is 72.4 cm³/mol. The Morgan fingerprint density at radius 3 is 2.36 bits per heavy atom. The van der Waals surface area contributed by atoms with E-state index in [0.717, 1.165) is 24.3 Å². The summed E-state index contributed by atoms with van der Waals surface area (Å²) in [5.74, 6) is -0.232. The number of hydrogen-bond donors (Lipinski definition) is 0. The maximum atomic E-state index is 12.5. The van der Waals surface area contributed by atoms with Gasteiger partial charge in [-0.15, -0.1) is 0 Å². The SMILES string of the molecule is O=[N+]([O-])c1ccc(Oc2ccc(C(F)(F)F)cc2Cl)nc1Cl. The lowest BCUT2D eigenvalue weighted by atomic mass is 10.2. The molecule has 0 aliphatic carbocycles. The van der Waals surface area contributed by atoms with Gasteiger partial charge in [0.15, 0.2) is 0 Å². The second-order valence-electron chi connectivity index (χ2n) is 3.96. The van der Waals surface area contributed by atoms with E-state index in [1.807, 2.05) is 0 Å². The van der Waals surface area contributed by atoms with E-state index in [0.29, 0.717) is 6.07 Å². The normalized spacial score (nSPS) is 11.3. The predicted octanol–water partition coefficient (Wildman–Crippen LogP) is 5.11. The fourth-order valence-electron chi connectivity index (χ4n) is 1.48. The van der Waals surface area contributed by atoms with Gasteiger partial charge >= 0.3 is 11.9 Å². The molecular weight excluding hydrogens is 348 g/mol. The lowest BCUT2D eigenvalue weighted by Gasteiger charge is -2.10. The molecule has 0 radical (unpaired) electrons. The van der Waals surface area contributed by atoms with Crippen molar-refractivity contribution in [3.8, 4) is 11.6 Å². The van der Waals surface area contributed by atoms with Gasteiger partial charge in [-0.2, -0.15) is 18.2 Å². The maximum absolute atomic E-state index is 12.5. The van der Waals surface area contributed by atoms with E-state index in [4.69, 9.17) is 27.9 Å². The lowest BCUT2D eigenvalue weighted by molar-refractivity contribution is -0.385. The Morgan fingerprint density at radius 2 is 1.86 bits per heavy atom. The molecule has 116 valence electrons. The largest absolute Gasteiger partial charge is 0.437 e. The number of aromatic nitrogens is 1. The molecule has 0 saturated heterocycles. The molecule has 2 aromatic rings. The van der Waals surface area contributed by atoms with E-state index in [1.54, 1.807) is 0 Å². The van der Waals surface area contributed by atoms with Crippen molar-refractivity contribution >= 4 is 28.9 Å². The molecule has 1 aromatic carbocycles. The van der Waals surface area contributed by atoms with E-state index in [-0.39, 0.29) is 16.7 Å². The van der Waals surface area contributed by atoms with Crippen molar-refractivity contribution in [2.24, 2.45) is 0 Å². The van der Waals surface area contributed by atoms with Gasteiger partial charge in [-0.3, -0.25) is 10.1 Å². The zero-order chi connectivity index (χ0) is 16.5. The van der Waals surface area contributed by atoms with Crippen molar-refractivity contribution in [3.05, 3.63) is 56.2 Å². The summed E-state index contributed by atoms with van der Waals surface area (Å²) >= 11 is 11.3. The fourth-order valence-corrected chi connectivity index (χ4v) is 1.91. The Hall–Kier alpha value is -2.06. The van der Waals surface area contributed by atoms with Crippen LogP contribution in [0.15, 0.2) is 30.3 Å². The first kappa shape index (κ1) is 16.3. The first-order chi connectivity index (χ1) is 10.2. The molecule has 0 spiro atoms. The first-order valence-corrected chi connectivity index (χ1v) is 6.29. The van der Waals surface area contributed by atoms with Crippen LogP contribution in [0.25, 0.3) is 0 Å². The maximum Gasteiger partial charge on any atom is 0.416 e. The minimum Gasteiger partial charge on any atom is -0.437 e. The van der Waals surface area contributed by atoms with Crippen molar-refractivity contribution in [3.63, 3.8) is 0 Å². The Bertz CT molecular complexity index is 738. The van der Waals surface area contributed by atoms with Gasteiger partial charge in [0.05, 0.1) is 15.5 Å². The highest BCUT2D eigenvalue weighted by atomic mass is 35.5. The average Bonchev–Trinajstić information content (AvgIpc) is 2.39. The van der Waals surface area contributed by atoms with Crippen LogP contribution in [0.1, 0.15) is 5.56 Å². The Kier molecular flexibility index (Phi) is 4.43. The van der Waals surface area contributed by atoms with Crippen LogP contribution in [0.3, 0.4) is 0 Å². The number of nitro groups is 1. The van der Waals surface area contributed by atoms with Crippen molar-refractivity contribution in [2.45, 2.75) is 6.18 Å². The number of rotatable bonds is 3. The number of hydrogen-bond acceptors (Lipinski definition) is 4. The van der Waals surface area contributed by atoms with Gasteiger partial charge in [0.25, 0.3) is 0 Å². The molecule has 0 bridgehead atoms. The van der Waals surface area contributed by atoms with Crippen molar-refractivity contribution in [2.75, 3.05) is 0 Å². The summed E-state index contributed by atoms with van der Waals surface area (Å²) in [6.07, 6.45) is -4.53. The minimum atomic E-state index is -4.53. The summed E-state index contributed by atoms with van der Waals surface area (Å²) in [6.45, 7) is 0. The summed E-state index contributed by atoms with van der Waals surface area (Å²) < 4.78 is 42.7. The van der Waals surface area contributed by atoms with E-state index in [2.05, 4.69) is 4.98 Å². The molecule has 0 aliphatic rings. The van der Waals surface area contributed by atoms with Crippen molar-refractivity contribution in [1.82, 2.24) is 4.98 Å².